The minimum Gasteiger partial charge on any atom is -0.368 e. The lowest BCUT2D eigenvalue weighted by molar-refractivity contribution is -0.122. The second-order valence-electron chi connectivity index (χ2n) is 7.20. The molecule has 3 aliphatic rings. The number of amides is 1. The number of halogens is 1. The Labute approximate surface area is 155 Å². The second-order valence-corrected chi connectivity index (χ2v) is 8.62. The quantitative estimate of drug-likeness (QED) is 0.868. The SMILES string of the molecule is Cl.NC(=O)C1CCC2SC([C@@H]3CCCc4ccccc43)CCCN21. The summed E-state index contributed by atoms with van der Waals surface area (Å²) in [6, 6.07) is 9.02. The number of nitrogens with zero attached hydrogens (tertiary/aromatic N) is 1. The van der Waals surface area contributed by atoms with Crippen molar-refractivity contribution < 1.29 is 4.79 Å². The minimum atomic E-state index is -0.130. The number of aryl methyl sites for hydroxylation is 1. The Kier molecular flexibility index (Phi) is 5.78. The van der Waals surface area contributed by atoms with Crippen LogP contribution in [0.5, 0.6) is 0 Å². The lowest BCUT2D eigenvalue weighted by Crippen LogP contribution is -2.43. The third kappa shape index (κ3) is 3.33. The number of primary amides is 1. The van der Waals surface area contributed by atoms with Gasteiger partial charge in [-0.3, -0.25) is 9.69 Å². The fraction of sp³-hybridized carbons (Fsp3) is 0.632. The van der Waals surface area contributed by atoms with Gasteiger partial charge in [-0.1, -0.05) is 24.3 Å². The predicted molar refractivity (Wildman–Crippen MR) is 103 cm³/mol. The highest BCUT2D eigenvalue weighted by atomic mass is 35.5. The number of hydrogen-bond donors (Lipinski definition) is 1. The van der Waals surface area contributed by atoms with Crippen LogP contribution in [0, 0.1) is 0 Å². The molecule has 3 unspecified atom stereocenters. The van der Waals surface area contributed by atoms with Gasteiger partial charge in [-0.05, 0) is 62.0 Å². The summed E-state index contributed by atoms with van der Waals surface area (Å²) in [6.07, 6.45) is 8.39. The molecular weight excluding hydrogens is 340 g/mol. The molecule has 1 aromatic rings. The predicted octanol–water partition coefficient (Wildman–Crippen LogP) is 3.70. The summed E-state index contributed by atoms with van der Waals surface area (Å²) in [4.78, 5) is 14.1. The molecular formula is C19H27ClN2OS. The van der Waals surface area contributed by atoms with Gasteiger partial charge in [-0.25, -0.2) is 0 Å². The van der Waals surface area contributed by atoms with Crippen LogP contribution >= 0.6 is 24.2 Å². The van der Waals surface area contributed by atoms with E-state index >= 15 is 0 Å². The molecule has 132 valence electrons. The highest BCUT2D eigenvalue weighted by molar-refractivity contribution is 8.00. The molecule has 4 rings (SSSR count). The van der Waals surface area contributed by atoms with Crippen molar-refractivity contribution in [3.05, 3.63) is 35.4 Å². The Morgan fingerprint density at radius 1 is 1.12 bits per heavy atom. The molecule has 2 saturated heterocycles. The van der Waals surface area contributed by atoms with Gasteiger partial charge in [0.15, 0.2) is 0 Å². The van der Waals surface area contributed by atoms with Gasteiger partial charge in [-0.15, -0.1) is 24.2 Å². The number of hydrogen-bond acceptors (Lipinski definition) is 3. The number of nitrogens with two attached hydrogens (primary N) is 1. The molecule has 2 fully saturated rings. The smallest absolute Gasteiger partial charge is 0.234 e. The first-order valence-electron chi connectivity index (χ1n) is 9.02. The van der Waals surface area contributed by atoms with Crippen LogP contribution in [0.25, 0.3) is 0 Å². The maximum absolute atomic E-state index is 11.7. The molecule has 0 radical (unpaired) electrons. The Morgan fingerprint density at radius 3 is 2.79 bits per heavy atom. The van der Waals surface area contributed by atoms with Crippen LogP contribution in [0.3, 0.4) is 0 Å². The summed E-state index contributed by atoms with van der Waals surface area (Å²) in [7, 11) is 0. The van der Waals surface area contributed by atoms with E-state index in [1.807, 2.05) is 0 Å². The van der Waals surface area contributed by atoms with Crippen molar-refractivity contribution in [2.75, 3.05) is 6.54 Å². The Balaban J connectivity index is 0.00000169. The average Bonchev–Trinajstić information content (AvgIpc) is 2.85. The number of rotatable bonds is 2. The van der Waals surface area contributed by atoms with Gasteiger partial charge in [0.25, 0.3) is 0 Å². The molecule has 2 heterocycles. The van der Waals surface area contributed by atoms with Crippen LogP contribution in [-0.4, -0.2) is 34.0 Å². The maximum Gasteiger partial charge on any atom is 0.234 e. The molecule has 1 aromatic carbocycles. The molecule has 2 aliphatic heterocycles. The van der Waals surface area contributed by atoms with E-state index in [1.54, 1.807) is 11.1 Å². The molecule has 2 N–H and O–H groups in total. The zero-order valence-corrected chi connectivity index (χ0v) is 15.7. The van der Waals surface area contributed by atoms with E-state index in [0.29, 0.717) is 16.5 Å². The highest BCUT2D eigenvalue weighted by Gasteiger charge is 2.41. The summed E-state index contributed by atoms with van der Waals surface area (Å²) in [5, 5.41) is 1.19. The van der Waals surface area contributed by atoms with Gasteiger partial charge >= 0.3 is 0 Å². The van der Waals surface area contributed by atoms with Crippen molar-refractivity contribution in [2.45, 2.75) is 67.5 Å². The van der Waals surface area contributed by atoms with Gasteiger partial charge in [0.2, 0.25) is 5.91 Å². The van der Waals surface area contributed by atoms with E-state index in [0.717, 1.165) is 19.4 Å². The molecule has 0 saturated carbocycles. The van der Waals surface area contributed by atoms with Crippen molar-refractivity contribution in [1.29, 1.82) is 0 Å². The fourth-order valence-corrected chi connectivity index (χ4v) is 6.66. The Bertz CT molecular complexity index is 596. The summed E-state index contributed by atoms with van der Waals surface area (Å²) in [5.41, 5.74) is 8.76. The molecule has 3 nitrogen and oxygen atoms in total. The molecule has 1 aliphatic carbocycles. The number of thioether (sulfide) groups is 1. The average molecular weight is 367 g/mol. The van der Waals surface area contributed by atoms with Crippen LogP contribution in [0.15, 0.2) is 24.3 Å². The minimum absolute atomic E-state index is 0. The summed E-state index contributed by atoms with van der Waals surface area (Å²) >= 11 is 2.13. The first-order chi connectivity index (χ1) is 11.2. The van der Waals surface area contributed by atoms with E-state index < -0.39 is 0 Å². The fourth-order valence-electron chi connectivity index (χ4n) is 4.80. The lowest BCUT2D eigenvalue weighted by Gasteiger charge is -2.33. The summed E-state index contributed by atoms with van der Waals surface area (Å²) in [5.74, 6) is 0.562. The van der Waals surface area contributed by atoms with E-state index in [2.05, 4.69) is 40.9 Å². The molecule has 24 heavy (non-hydrogen) atoms. The topological polar surface area (TPSA) is 46.3 Å². The first-order valence-corrected chi connectivity index (χ1v) is 9.96. The normalized spacial score (nSPS) is 33.0. The number of carbonyl (C=O) groups excluding carboxylic acids is 1. The molecule has 1 amide bonds. The molecule has 0 spiro atoms. The monoisotopic (exact) mass is 366 g/mol. The van der Waals surface area contributed by atoms with E-state index in [9.17, 15) is 4.79 Å². The first kappa shape index (κ1) is 18.1. The van der Waals surface area contributed by atoms with Gasteiger partial charge in [0.05, 0.1) is 11.4 Å². The summed E-state index contributed by atoms with van der Waals surface area (Å²) < 4.78 is 0. The van der Waals surface area contributed by atoms with Crippen molar-refractivity contribution in [3.8, 4) is 0 Å². The van der Waals surface area contributed by atoms with Gasteiger partial charge < -0.3 is 5.73 Å². The number of carbonyl (C=O) groups is 1. The van der Waals surface area contributed by atoms with Crippen molar-refractivity contribution in [3.63, 3.8) is 0 Å². The summed E-state index contributed by atoms with van der Waals surface area (Å²) in [6.45, 7) is 1.04. The van der Waals surface area contributed by atoms with Crippen LogP contribution < -0.4 is 5.73 Å². The molecule has 0 bridgehead atoms. The van der Waals surface area contributed by atoms with Gasteiger partial charge in [0.1, 0.15) is 0 Å². The third-order valence-corrected chi connectivity index (χ3v) is 7.62. The van der Waals surface area contributed by atoms with Crippen LogP contribution in [0.1, 0.15) is 55.6 Å². The Morgan fingerprint density at radius 2 is 1.96 bits per heavy atom. The third-order valence-electron chi connectivity index (χ3n) is 5.89. The number of benzene rings is 1. The highest BCUT2D eigenvalue weighted by Crippen LogP contribution is 2.46. The number of fused-ring (bicyclic) bond motifs is 2. The van der Waals surface area contributed by atoms with E-state index in [4.69, 9.17) is 5.73 Å². The molecule has 0 aromatic heterocycles. The molecule has 5 heteroatoms. The van der Waals surface area contributed by atoms with Crippen LogP contribution in [0.4, 0.5) is 0 Å². The second kappa shape index (κ2) is 7.67. The van der Waals surface area contributed by atoms with Crippen LogP contribution in [-0.2, 0) is 11.2 Å². The van der Waals surface area contributed by atoms with Crippen LogP contribution in [0.2, 0.25) is 0 Å². The zero-order valence-electron chi connectivity index (χ0n) is 14.0. The maximum atomic E-state index is 11.7. The lowest BCUT2D eigenvalue weighted by atomic mass is 9.80. The standard InChI is InChI=1S/C19H26N2OS.ClH/c20-19(22)16-10-11-18-21(16)12-4-9-17(23-18)15-8-3-6-13-5-1-2-7-14(13)15;/h1-2,5,7,15-18H,3-4,6,8-12H2,(H2,20,22);1H/t15-,16?,17?,18?;/m1./s1. The largest absolute Gasteiger partial charge is 0.368 e. The van der Waals surface area contributed by atoms with Gasteiger partial charge in [-0.2, -0.15) is 0 Å². The molecule has 4 atom stereocenters. The van der Waals surface area contributed by atoms with E-state index in [-0.39, 0.29) is 24.4 Å². The van der Waals surface area contributed by atoms with Crippen molar-refractivity contribution in [2.24, 2.45) is 5.73 Å². The Hall–Kier alpha value is -0.710. The zero-order chi connectivity index (χ0) is 15.8. The van der Waals surface area contributed by atoms with Gasteiger partial charge in [0, 0.05) is 11.8 Å². The van der Waals surface area contributed by atoms with E-state index in [1.165, 1.54) is 32.1 Å². The van der Waals surface area contributed by atoms with Crippen molar-refractivity contribution >= 4 is 30.1 Å². The van der Waals surface area contributed by atoms with Crippen molar-refractivity contribution in [1.82, 2.24) is 4.90 Å².